The van der Waals surface area contributed by atoms with Crippen molar-refractivity contribution in [3.8, 4) is 0 Å². The highest BCUT2D eigenvalue weighted by atomic mass is 35.5. The molecule has 20 heavy (non-hydrogen) atoms. The first-order valence-electron chi connectivity index (χ1n) is 6.05. The standard InChI is InChI=1S/C14H10ClF3N2/c15-11-7-10(14(16,17)18)8-19-13(11)20-6-5-9-3-1-2-4-12(9)20/h1-4,7-8H,5-6H2. The van der Waals surface area contributed by atoms with Crippen LogP contribution in [0.25, 0.3) is 0 Å². The van der Waals surface area contributed by atoms with Crippen LogP contribution < -0.4 is 4.90 Å². The molecule has 2 aromatic rings. The van der Waals surface area contributed by atoms with E-state index >= 15 is 0 Å². The summed E-state index contributed by atoms with van der Waals surface area (Å²) in [5.74, 6) is 0.365. The van der Waals surface area contributed by atoms with E-state index in [-0.39, 0.29) is 5.02 Å². The molecule has 3 rings (SSSR count). The molecule has 104 valence electrons. The third-order valence-electron chi connectivity index (χ3n) is 3.29. The van der Waals surface area contributed by atoms with Gasteiger partial charge < -0.3 is 4.90 Å². The molecule has 0 N–H and O–H groups in total. The summed E-state index contributed by atoms with van der Waals surface area (Å²) < 4.78 is 37.8. The number of rotatable bonds is 1. The molecule has 1 aliphatic heterocycles. The largest absolute Gasteiger partial charge is 0.417 e. The number of anilines is 2. The summed E-state index contributed by atoms with van der Waals surface area (Å²) in [6.45, 7) is 0.664. The van der Waals surface area contributed by atoms with Crippen LogP contribution in [0.3, 0.4) is 0 Å². The Morgan fingerprint density at radius 1 is 1.20 bits per heavy atom. The van der Waals surface area contributed by atoms with E-state index < -0.39 is 11.7 Å². The van der Waals surface area contributed by atoms with Crippen LogP contribution in [0.4, 0.5) is 24.7 Å². The Bertz CT molecular complexity index is 655. The fourth-order valence-electron chi connectivity index (χ4n) is 2.34. The quantitative estimate of drug-likeness (QED) is 0.773. The molecule has 0 spiro atoms. The smallest absolute Gasteiger partial charge is 0.325 e. The molecule has 1 aliphatic rings. The number of pyridine rings is 1. The van der Waals surface area contributed by atoms with Gasteiger partial charge >= 0.3 is 6.18 Å². The second kappa shape index (κ2) is 4.66. The average molecular weight is 299 g/mol. The lowest BCUT2D eigenvalue weighted by Crippen LogP contribution is -2.16. The molecule has 1 aromatic carbocycles. The van der Waals surface area contributed by atoms with E-state index in [1.54, 1.807) is 0 Å². The van der Waals surface area contributed by atoms with Crippen molar-refractivity contribution in [2.45, 2.75) is 12.6 Å². The first-order valence-corrected chi connectivity index (χ1v) is 6.43. The minimum atomic E-state index is -4.43. The topological polar surface area (TPSA) is 16.1 Å². The molecule has 0 bridgehead atoms. The molecule has 0 atom stereocenters. The fourth-order valence-corrected chi connectivity index (χ4v) is 2.61. The summed E-state index contributed by atoms with van der Waals surface area (Å²) in [6, 6.07) is 8.65. The van der Waals surface area contributed by atoms with Crippen molar-refractivity contribution in [3.63, 3.8) is 0 Å². The van der Waals surface area contributed by atoms with E-state index in [0.717, 1.165) is 29.9 Å². The number of nitrogens with zero attached hydrogens (tertiary/aromatic N) is 2. The summed E-state index contributed by atoms with van der Waals surface area (Å²) in [6.07, 6.45) is -2.78. The number of hydrogen-bond donors (Lipinski definition) is 0. The Hall–Kier alpha value is -1.75. The van der Waals surface area contributed by atoms with Crippen molar-refractivity contribution in [1.29, 1.82) is 0 Å². The third kappa shape index (κ3) is 2.22. The van der Waals surface area contributed by atoms with Crippen LogP contribution in [0.5, 0.6) is 0 Å². The zero-order valence-electron chi connectivity index (χ0n) is 10.3. The summed E-state index contributed by atoms with van der Waals surface area (Å²) >= 11 is 5.98. The number of alkyl halides is 3. The van der Waals surface area contributed by atoms with Gasteiger partial charge in [0.2, 0.25) is 0 Å². The van der Waals surface area contributed by atoms with Gasteiger partial charge in [0.15, 0.2) is 5.82 Å². The first-order chi connectivity index (χ1) is 9.47. The van der Waals surface area contributed by atoms with Crippen molar-refractivity contribution in [2.24, 2.45) is 0 Å². The van der Waals surface area contributed by atoms with Crippen molar-refractivity contribution >= 4 is 23.1 Å². The van der Waals surface area contributed by atoms with Gasteiger partial charge in [-0.25, -0.2) is 4.98 Å². The molecule has 1 aromatic heterocycles. The van der Waals surface area contributed by atoms with Crippen LogP contribution in [0.15, 0.2) is 36.5 Å². The Balaban J connectivity index is 2.01. The number of halogens is 4. The van der Waals surface area contributed by atoms with Crippen molar-refractivity contribution in [3.05, 3.63) is 52.7 Å². The van der Waals surface area contributed by atoms with Crippen LogP contribution in [-0.2, 0) is 12.6 Å². The lowest BCUT2D eigenvalue weighted by Gasteiger charge is -2.20. The molecule has 0 fully saturated rings. The molecule has 0 aliphatic carbocycles. The van der Waals surface area contributed by atoms with Gasteiger partial charge in [0.25, 0.3) is 0 Å². The average Bonchev–Trinajstić information content (AvgIpc) is 2.81. The number of benzene rings is 1. The van der Waals surface area contributed by atoms with Crippen LogP contribution in [0.1, 0.15) is 11.1 Å². The lowest BCUT2D eigenvalue weighted by atomic mass is 10.2. The SMILES string of the molecule is FC(F)(F)c1cnc(N2CCc3ccccc32)c(Cl)c1. The van der Waals surface area contributed by atoms with Crippen LogP contribution >= 0.6 is 11.6 Å². The predicted molar refractivity (Wildman–Crippen MR) is 71.4 cm³/mol. The third-order valence-corrected chi connectivity index (χ3v) is 3.57. The highest BCUT2D eigenvalue weighted by Gasteiger charge is 2.32. The maximum Gasteiger partial charge on any atom is 0.417 e. The predicted octanol–water partition coefficient (Wildman–Crippen LogP) is 4.45. The van der Waals surface area contributed by atoms with Gasteiger partial charge in [-0.05, 0) is 24.1 Å². The van der Waals surface area contributed by atoms with Crippen molar-refractivity contribution < 1.29 is 13.2 Å². The highest BCUT2D eigenvalue weighted by Crippen LogP contribution is 2.39. The molecule has 0 unspecified atom stereocenters. The number of aromatic nitrogens is 1. The first kappa shape index (κ1) is 13.2. The Morgan fingerprint density at radius 2 is 1.95 bits per heavy atom. The van der Waals surface area contributed by atoms with E-state index in [1.807, 2.05) is 29.2 Å². The van der Waals surface area contributed by atoms with E-state index in [9.17, 15) is 13.2 Å². The van der Waals surface area contributed by atoms with Gasteiger partial charge in [-0.15, -0.1) is 0 Å². The molecule has 0 saturated carbocycles. The Kier molecular flexibility index (Phi) is 3.09. The molecule has 2 nitrogen and oxygen atoms in total. The molecular formula is C14H10ClF3N2. The lowest BCUT2D eigenvalue weighted by molar-refractivity contribution is -0.137. The van der Waals surface area contributed by atoms with Gasteiger partial charge in [-0.1, -0.05) is 29.8 Å². The van der Waals surface area contributed by atoms with Gasteiger partial charge in [-0.2, -0.15) is 13.2 Å². The van der Waals surface area contributed by atoms with E-state index in [2.05, 4.69) is 4.98 Å². The number of hydrogen-bond acceptors (Lipinski definition) is 2. The minimum Gasteiger partial charge on any atom is -0.325 e. The van der Waals surface area contributed by atoms with Gasteiger partial charge in [0, 0.05) is 18.4 Å². The van der Waals surface area contributed by atoms with Crippen molar-refractivity contribution in [2.75, 3.05) is 11.4 Å². The second-order valence-electron chi connectivity index (χ2n) is 4.56. The van der Waals surface area contributed by atoms with Crippen LogP contribution in [0, 0.1) is 0 Å². The van der Waals surface area contributed by atoms with Crippen LogP contribution in [0.2, 0.25) is 5.02 Å². The normalized spacial score (nSPS) is 14.5. The summed E-state index contributed by atoms with van der Waals surface area (Å²) in [5.41, 5.74) is 1.26. The van der Waals surface area contributed by atoms with Gasteiger partial charge in [0.1, 0.15) is 0 Å². The zero-order chi connectivity index (χ0) is 14.3. The van der Waals surface area contributed by atoms with E-state index in [0.29, 0.717) is 12.4 Å². The molecule has 0 saturated heterocycles. The summed E-state index contributed by atoms with van der Waals surface area (Å²) in [7, 11) is 0. The van der Waals surface area contributed by atoms with Gasteiger partial charge in [0.05, 0.1) is 10.6 Å². The maximum absolute atomic E-state index is 12.6. The summed E-state index contributed by atoms with van der Waals surface area (Å²) in [4.78, 5) is 5.74. The van der Waals surface area contributed by atoms with E-state index in [4.69, 9.17) is 11.6 Å². The van der Waals surface area contributed by atoms with E-state index in [1.165, 1.54) is 0 Å². The summed E-state index contributed by atoms with van der Waals surface area (Å²) in [5, 5.41) is 0.0107. The second-order valence-corrected chi connectivity index (χ2v) is 4.96. The zero-order valence-corrected chi connectivity index (χ0v) is 11.0. The molecular weight excluding hydrogens is 289 g/mol. The van der Waals surface area contributed by atoms with Crippen LogP contribution in [-0.4, -0.2) is 11.5 Å². The van der Waals surface area contributed by atoms with Crippen molar-refractivity contribution in [1.82, 2.24) is 4.98 Å². The molecule has 0 amide bonds. The monoisotopic (exact) mass is 298 g/mol. The molecule has 0 radical (unpaired) electrons. The number of para-hydroxylation sites is 1. The number of fused-ring (bicyclic) bond motifs is 1. The highest BCUT2D eigenvalue weighted by molar-refractivity contribution is 6.33. The maximum atomic E-state index is 12.6. The molecule has 6 heteroatoms. The van der Waals surface area contributed by atoms with Gasteiger partial charge in [-0.3, -0.25) is 0 Å². The Morgan fingerprint density at radius 3 is 2.65 bits per heavy atom. The molecule has 2 heterocycles. The fraction of sp³-hybridized carbons (Fsp3) is 0.214. The Labute approximate surface area is 118 Å². The minimum absolute atomic E-state index is 0.0107.